The molecule has 0 aliphatic carbocycles. The van der Waals surface area contributed by atoms with Crippen LogP contribution in [-0.2, 0) is 9.59 Å². The molecule has 2 fully saturated rings. The summed E-state index contributed by atoms with van der Waals surface area (Å²) in [5.41, 5.74) is 2.53. The highest BCUT2D eigenvalue weighted by Gasteiger charge is 2.47. The van der Waals surface area contributed by atoms with Crippen molar-refractivity contribution in [3.8, 4) is 0 Å². The number of likely N-dealkylation sites (tertiary alicyclic amines) is 1. The first-order valence-corrected chi connectivity index (χ1v) is 8.91. The molecule has 2 saturated heterocycles. The highest BCUT2D eigenvalue weighted by molar-refractivity contribution is 6.07. The quantitative estimate of drug-likeness (QED) is 0.657. The van der Waals surface area contributed by atoms with Gasteiger partial charge in [-0.3, -0.25) is 19.9 Å². The van der Waals surface area contributed by atoms with Crippen LogP contribution in [-0.4, -0.2) is 59.0 Å². The third-order valence-corrected chi connectivity index (χ3v) is 4.99. The standard InChI is InChI=1S/C18H25N5O3/c1-3-18(2)16(25)23(17(26)20-18)21-15(24)12-22-10-9-14(11-22)19-13-7-5-4-6-8-13/h4-8,14,19H,3,9-12H2,1-2H3,(H,20,26)(H,21,24). The van der Waals surface area contributed by atoms with Crippen molar-refractivity contribution in [2.24, 2.45) is 0 Å². The largest absolute Gasteiger partial charge is 0.381 e. The lowest BCUT2D eigenvalue weighted by Gasteiger charge is -2.21. The smallest absolute Gasteiger partial charge is 0.344 e. The number of rotatable bonds is 6. The molecule has 0 aromatic heterocycles. The average Bonchev–Trinajstić information content (AvgIpc) is 3.14. The Bertz CT molecular complexity index is 695. The first-order chi connectivity index (χ1) is 12.4. The van der Waals surface area contributed by atoms with E-state index in [2.05, 4.69) is 16.1 Å². The normalized spacial score (nSPS) is 26.1. The molecule has 0 saturated carbocycles. The van der Waals surface area contributed by atoms with Gasteiger partial charge in [-0.25, -0.2) is 4.79 Å². The van der Waals surface area contributed by atoms with Crippen LogP contribution >= 0.6 is 0 Å². The molecule has 2 aliphatic heterocycles. The fourth-order valence-corrected chi connectivity index (χ4v) is 3.25. The van der Waals surface area contributed by atoms with Crippen LogP contribution in [0.4, 0.5) is 10.5 Å². The van der Waals surface area contributed by atoms with Gasteiger partial charge in [0, 0.05) is 24.8 Å². The van der Waals surface area contributed by atoms with Crippen molar-refractivity contribution in [2.45, 2.75) is 38.3 Å². The zero-order chi connectivity index (χ0) is 18.7. The number of para-hydroxylation sites is 1. The molecule has 4 amide bonds. The van der Waals surface area contributed by atoms with Crippen LogP contribution in [0.25, 0.3) is 0 Å². The number of nitrogens with one attached hydrogen (secondary N) is 3. The van der Waals surface area contributed by atoms with Gasteiger partial charge in [0.05, 0.1) is 6.54 Å². The van der Waals surface area contributed by atoms with E-state index < -0.39 is 17.5 Å². The summed E-state index contributed by atoms with van der Waals surface area (Å²) in [6.07, 6.45) is 1.39. The van der Waals surface area contributed by atoms with Gasteiger partial charge in [-0.2, -0.15) is 5.01 Å². The molecule has 26 heavy (non-hydrogen) atoms. The summed E-state index contributed by atoms with van der Waals surface area (Å²) >= 11 is 0. The van der Waals surface area contributed by atoms with Gasteiger partial charge in [0.25, 0.3) is 11.8 Å². The van der Waals surface area contributed by atoms with Crippen LogP contribution < -0.4 is 16.1 Å². The zero-order valence-corrected chi connectivity index (χ0v) is 15.1. The van der Waals surface area contributed by atoms with Gasteiger partial charge in [0.1, 0.15) is 5.54 Å². The average molecular weight is 359 g/mol. The maximum absolute atomic E-state index is 12.3. The number of nitrogens with zero attached hydrogens (tertiary/aromatic N) is 2. The number of benzene rings is 1. The van der Waals surface area contributed by atoms with Crippen molar-refractivity contribution in [1.29, 1.82) is 0 Å². The molecule has 3 rings (SSSR count). The number of urea groups is 1. The van der Waals surface area contributed by atoms with Crippen molar-refractivity contribution in [2.75, 3.05) is 25.0 Å². The Hall–Kier alpha value is -2.61. The second kappa shape index (κ2) is 7.33. The molecule has 140 valence electrons. The number of hydrazine groups is 1. The van der Waals surface area contributed by atoms with Crippen molar-refractivity contribution < 1.29 is 14.4 Å². The maximum Gasteiger partial charge on any atom is 0.344 e. The van der Waals surface area contributed by atoms with Gasteiger partial charge in [-0.05, 0) is 31.9 Å². The van der Waals surface area contributed by atoms with Crippen molar-refractivity contribution in [1.82, 2.24) is 20.7 Å². The van der Waals surface area contributed by atoms with Gasteiger partial charge in [-0.1, -0.05) is 25.1 Å². The Morgan fingerprint density at radius 1 is 1.31 bits per heavy atom. The molecule has 2 unspecified atom stereocenters. The summed E-state index contributed by atoms with van der Waals surface area (Å²) in [7, 11) is 0. The van der Waals surface area contributed by atoms with Gasteiger partial charge in [0.15, 0.2) is 0 Å². The summed E-state index contributed by atoms with van der Waals surface area (Å²) < 4.78 is 0. The topological polar surface area (TPSA) is 93.8 Å². The SMILES string of the molecule is CCC1(C)NC(=O)N(NC(=O)CN2CCC(Nc3ccccc3)C2)C1=O. The number of amides is 4. The predicted octanol–water partition coefficient (Wildman–Crippen LogP) is 0.925. The van der Waals surface area contributed by atoms with Gasteiger partial charge in [-0.15, -0.1) is 0 Å². The molecule has 1 aromatic rings. The van der Waals surface area contributed by atoms with Crippen LogP contribution in [0.2, 0.25) is 0 Å². The first-order valence-electron chi connectivity index (χ1n) is 8.91. The summed E-state index contributed by atoms with van der Waals surface area (Å²) in [6, 6.07) is 9.63. The minimum Gasteiger partial charge on any atom is -0.381 e. The summed E-state index contributed by atoms with van der Waals surface area (Å²) in [4.78, 5) is 38.5. The van der Waals surface area contributed by atoms with Crippen LogP contribution in [0.15, 0.2) is 30.3 Å². The van der Waals surface area contributed by atoms with Crippen molar-refractivity contribution >= 4 is 23.5 Å². The van der Waals surface area contributed by atoms with Crippen molar-refractivity contribution in [3.63, 3.8) is 0 Å². The van der Waals surface area contributed by atoms with E-state index >= 15 is 0 Å². The van der Waals surface area contributed by atoms with Crippen LogP contribution in [0.3, 0.4) is 0 Å². The third kappa shape index (κ3) is 3.80. The number of hydrogen-bond donors (Lipinski definition) is 3. The summed E-state index contributed by atoms with van der Waals surface area (Å²) in [5.74, 6) is -0.794. The maximum atomic E-state index is 12.3. The van der Waals surface area contributed by atoms with Gasteiger partial charge in [0.2, 0.25) is 0 Å². The van der Waals surface area contributed by atoms with E-state index in [-0.39, 0.29) is 18.5 Å². The number of carbonyl (C=O) groups excluding carboxylic acids is 3. The Morgan fingerprint density at radius 2 is 2.04 bits per heavy atom. The van der Waals surface area contributed by atoms with E-state index in [0.29, 0.717) is 6.42 Å². The molecular formula is C18H25N5O3. The number of anilines is 1. The second-order valence-electron chi connectivity index (χ2n) is 7.02. The molecule has 8 heteroatoms. The molecule has 0 spiro atoms. The number of hydrogen-bond acceptors (Lipinski definition) is 5. The molecule has 2 aliphatic rings. The second-order valence-corrected chi connectivity index (χ2v) is 7.02. The van der Waals surface area contributed by atoms with Crippen LogP contribution in [0, 0.1) is 0 Å². The predicted molar refractivity (Wildman–Crippen MR) is 97.1 cm³/mol. The minimum absolute atomic E-state index is 0.146. The molecule has 0 radical (unpaired) electrons. The lowest BCUT2D eigenvalue weighted by molar-refractivity contribution is -0.139. The van der Waals surface area contributed by atoms with E-state index in [1.807, 2.05) is 42.2 Å². The highest BCUT2D eigenvalue weighted by Crippen LogP contribution is 2.19. The first kappa shape index (κ1) is 18.2. The molecule has 1 aromatic carbocycles. The Morgan fingerprint density at radius 3 is 2.69 bits per heavy atom. The Kier molecular flexibility index (Phi) is 5.13. The highest BCUT2D eigenvalue weighted by atomic mass is 16.2. The molecule has 8 nitrogen and oxygen atoms in total. The fourth-order valence-electron chi connectivity index (χ4n) is 3.25. The molecular weight excluding hydrogens is 334 g/mol. The van der Waals surface area contributed by atoms with E-state index in [9.17, 15) is 14.4 Å². The van der Waals surface area contributed by atoms with Crippen LogP contribution in [0.1, 0.15) is 26.7 Å². The van der Waals surface area contributed by atoms with E-state index in [1.54, 1.807) is 6.92 Å². The summed E-state index contributed by atoms with van der Waals surface area (Å²) in [6.45, 7) is 5.13. The molecule has 0 bridgehead atoms. The van der Waals surface area contributed by atoms with E-state index in [1.165, 1.54) is 0 Å². The van der Waals surface area contributed by atoms with Gasteiger partial charge >= 0.3 is 6.03 Å². The van der Waals surface area contributed by atoms with E-state index in [0.717, 1.165) is 30.2 Å². The molecule has 2 atom stereocenters. The summed E-state index contributed by atoms with van der Waals surface area (Å²) in [5, 5.41) is 6.85. The van der Waals surface area contributed by atoms with E-state index in [4.69, 9.17) is 0 Å². The minimum atomic E-state index is -0.956. The monoisotopic (exact) mass is 359 g/mol. The number of imide groups is 1. The Labute approximate surface area is 152 Å². The van der Waals surface area contributed by atoms with Crippen LogP contribution in [0.5, 0.6) is 0 Å². The third-order valence-electron chi connectivity index (χ3n) is 4.99. The van der Waals surface area contributed by atoms with Crippen molar-refractivity contribution in [3.05, 3.63) is 30.3 Å². The number of carbonyl (C=O) groups is 3. The fraction of sp³-hybridized carbons (Fsp3) is 0.500. The molecule has 3 N–H and O–H groups in total. The van der Waals surface area contributed by atoms with Gasteiger partial charge < -0.3 is 10.6 Å². The Balaban J connectivity index is 1.49. The lowest BCUT2D eigenvalue weighted by Crippen LogP contribution is -2.51. The lowest BCUT2D eigenvalue weighted by atomic mass is 10.00. The molecule has 2 heterocycles. The zero-order valence-electron chi connectivity index (χ0n) is 15.1.